The number of thiophene rings is 2. The van der Waals surface area contributed by atoms with E-state index in [1.54, 1.807) is 0 Å². The maximum absolute atomic E-state index is 3.71. The molecule has 0 aliphatic rings. The first kappa shape index (κ1) is 13.8. The molecule has 0 saturated heterocycles. The zero-order valence-corrected chi connectivity index (χ0v) is 13.5. The summed E-state index contributed by atoms with van der Waals surface area (Å²) in [5.74, 6) is 0. The van der Waals surface area contributed by atoms with Crippen molar-refractivity contribution >= 4 is 32.8 Å². The number of hydrogen-bond acceptors (Lipinski definition) is 3. The van der Waals surface area contributed by atoms with Gasteiger partial charge in [0.15, 0.2) is 0 Å². The molecule has 20 heavy (non-hydrogen) atoms. The Morgan fingerprint density at radius 3 is 2.75 bits per heavy atom. The SMILES string of the molecule is CCCNC(c1cc2ccccc2s1)c1sccc1C. The van der Waals surface area contributed by atoms with Crippen LogP contribution in [0, 0.1) is 6.92 Å². The molecule has 3 heteroatoms. The third-order valence-corrected chi connectivity index (χ3v) is 5.76. The highest BCUT2D eigenvalue weighted by Gasteiger charge is 2.19. The van der Waals surface area contributed by atoms with Crippen LogP contribution >= 0.6 is 22.7 Å². The first-order valence-corrected chi connectivity index (χ1v) is 8.75. The number of nitrogens with one attached hydrogen (secondary N) is 1. The second-order valence-corrected chi connectivity index (χ2v) is 7.10. The lowest BCUT2D eigenvalue weighted by molar-refractivity contribution is 0.611. The number of aryl methyl sites for hydroxylation is 1. The quantitative estimate of drug-likeness (QED) is 0.669. The molecular weight excluding hydrogens is 282 g/mol. The van der Waals surface area contributed by atoms with Crippen molar-refractivity contribution < 1.29 is 0 Å². The van der Waals surface area contributed by atoms with Crippen molar-refractivity contribution in [1.82, 2.24) is 5.32 Å². The molecule has 1 N–H and O–H groups in total. The van der Waals surface area contributed by atoms with Crippen molar-refractivity contribution in [3.63, 3.8) is 0 Å². The Morgan fingerprint density at radius 2 is 2.05 bits per heavy atom. The Kier molecular flexibility index (Phi) is 4.20. The minimum absolute atomic E-state index is 0.340. The molecule has 0 amide bonds. The fourth-order valence-corrected chi connectivity index (χ4v) is 4.68. The summed E-state index contributed by atoms with van der Waals surface area (Å²) in [6.07, 6.45) is 1.16. The number of hydrogen-bond donors (Lipinski definition) is 1. The van der Waals surface area contributed by atoms with Gasteiger partial charge in [-0.05, 0) is 54.4 Å². The Balaban J connectivity index is 2.02. The highest BCUT2D eigenvalue weighted by molar-refractivity contribution is 7.19. The molecule has 3 rings (SSSR count). The molecule has 2 aromatic heterocycles. The molecular formula is C17H19NS2. The number of benzene rings is 1. The molecule has 2 heterocycles. The summed E-state index contributed by atoms with van der Waals surface area (Å²) < 4.78 is 1.38. The topological polar surface area (TPSA) is 12.0 Å². The van der Waals surface area contributed by atoms with Gasteiger partial charge in [-0.3, -0.25) is 0 Å². The van der Waals surface area contributed by atoms with E-state index < -0.39 is 0 Å². The van der Waals surface area contributed by atoms with Gasteiger partial charge < -0.3 is 5.32 Å². The lowest BCUT2D eigenvalue weighted by Gasteiger charge is -2.16. The fourth-order valence-electron chi connectivity index (χ4n) is 2.44. The van der Waals surface area contributed by atoms with E-state index in [9.17, 15) is 0 Å². The van der Waals surface area contributed by atoms with Crippen LogP contribution in [0.4, 0.5) is 0 Å². The summed E-state index contributed by atoms with van der Waals surface area (Å²) in [7, 11) is 0. The van der Waals surface area contributed by atoms with Crippen LogP contribution in [-0.2, 0) is 0 Å². The van der Waals surface area contributed by atoms with Gasteiger partial charge in [0.05, 0.1) is 6.04 Å². The normalized spacial score (nSPS) is 12.9. The highest BCUT2D eigenvalue weighted by Crippen LogP contribution is 2.36. The van der Waals surface area contributed by atoms with E-state index in [2.05, 4.69) is 60.9 Å². The number of fused-ring (bicyclic) bond motifs is 1. The van der Waals surface area contributed by atoms with Gasteiger partial charge >= 0.3 is 0 Å². The molecule has 0 bridgehead atoms. The van der Waals surface area contributed by atoms with Crippen molar-refractivity contribution in [2.75, 3.05) is 6.54 Å². The summed E-state index contributed by atoms with van der Waals surface area (Å²) in [4.78, 5) is 2.87. The van der Waals surface area contributed by atoms with Crippen molar-refractivity contribution in [2.24, 2.45) is 0 Å². The smallest absolute Gasteiger partial charge is 0.0768 e. The van der Waals surface area contributed by atoms with Crippen LogP contribution in [0.25, 0.3) is 10.1 Å². The van der Waals surface area contributed by atoms with Crippen molar-refractivity contribution in [2.45, 2.75) is 26.3 Å². The molecule has 0 spiro atoms. The Labute approximate surface area is 128 Å². The third kappa shape index (κ3) is 2.66. The van der Waals surface area contributed by atoms with Gasteiger partial charge in [0, 0.05) is 14.5 Å². The molecule has 1 atom stereocenters. The average Bonchev–Trinajstić information content (AvgIpc) is 3.06. The van der Waals surface area contributed by atoms with E-state index in [0.29, 0.717) is 6.04 Å². The van der Waals surface area contributed by atoms with E-state index >= 15 is 0 Å². The largest absolute Gasteiger partial charge is 0.305 e. The van der Waals surface area contributed by atoms with Gasteiger partial charge in [0.25, 0.3) is 0 Å². The van der Waals surface area contributed by atoms with Crippen molar-refractivity contribution in [1.29, 1.82) is 0 Å². The lowest BCUT2D eigenvalue weighted by atomic mass is 10.1. The summed E-state index contributed by atoms with van der Waals surface area (Å²) >= 11 is 3.76. The second kappa shape index (κ2) is 6.08. The van der Waals surface area contributed by atoms with Crippen LogP contribution in [0.1, 0.15) is 34.7 Å². The average molecular weight is 301 g/mol. The zero-order valence-electron chi connectivity index (χ0n) is 11.8. The van der Waals surface area contributed by atoms with Crippen LogP contribution in [0.3, 0.4) is 0 Å². The molecule has 1 aromatic carbocycles. The summed E-state index contributed by atoms with van der Waals surface area (Å²) in [6, 6.07) is 13.5. The Bertz CT molecular complexity index is 663. The van der Waals surface area contributed by atoms with E-state index in [1.807, 2.05) is 22.7 Å². The molecule has 0 saturated carbocycles. The van der Waals surface area contributed by atoms with Gasteiger partial charge in [0.1, 0.15) is 0 Å². The van der Waals surface area contributed by atoms with Gasteiger partial charge in [-0.2, -0.15) is 0 Å². The first-order chi connectivity index (χ1) is 9.79. The maximum Gasteiger partial charge on any atom is 0.0768 e. The predicted molar refractivity (Wildman–Crippen MR) is 91.0 cm³/mol. The predicted octanol–water partition coefficient (Wildman–Crippen LogP) is 5.36. The van der Waals surface area contributed by atoms with Crippen molar-refractivity contribution in [3.8, 4) is 0 Å². The minimum Gasteiger partial charge on any atom is -0.305 e. The fraction of sp³-hybridized carbons (Fsp3) is 0.294. The Hall–Kier alpha value is -1.16. The molecule has 3 aromatic rings. The molecule has 104 valence electrons. The lowest BCUT2D eigenvalue weighted by Crippen LogP contribution is -2.22. The molecule has 0 radical (unpaired) electrons. The highest BCUT2D eigenvalue weighted by atomic mass is 32.1. The molecule has 0 fully saturated rings. The second-order valence-electron chi connectivity index (χ2n) is 5.04. The van der Waals surface area contributed by atoms with Gasteiger partial charge in [-0.15, -0.1) is 22.7 Å². The standard InChI is InChI=1S/C17H19NS2/c1-3-9-18-16(17-12(2)8-10-19-17)15-11-13-6-4-5-7-14(13)20-15/h4-8,10-11,16,18H,3,9H2,1-2H3. The van der Waals surface area contributed by atoms with Crippen LogP contribution in [0.5, 0.6) is 0 Å². The summed E-state index contributed by atoms with van der Waals surface area (Å²) in [5, 5.41) is 7.26. The van der Waals surface area contributed by atoms with Gasteiger partial charge in [-0.1, -0.05) is 25.1 Å². The van der Waals surface area contributed by atoms with E-state index in [4.69, 9.17) is 0 Å². The van der Waals surface area contributed by atoms with E-state index in [0.717, 1.165) is 13.0 Å². The first-order valence-electron chi connectivity index (χ1n) is 7.05. The zero-order chi connectivity index (χ0) is 13.9. The minimum atomic E-state index is 0.340. The van der Waals surface area contributed by atoms with Crippen LogP contribution in [-0.4, -0.2) is 6.54 Å². The molecule has 1 unspecified atom stereocenters. The van der Waals surface area contributed by atoms with Gasteiger partial charge in [0.2, 0.25) is 0 Å². The summed E-state index contributed by atoms with van der Waals surface area (Å²) in [5.41, 5.74) is 1.39. The Morgan fingerprint density at radius 1 is 1.20 bits per heavy atom. The monoisotopic (exact) mass is 301 g/mol. The molecule has 0 aliphatic carbocycles. The van der Waals surface area contributed by atoms with Crippen LogP contribution in [0.2, 0.25) is 0 Å². The maximum atomic E-state index is 3.71. The van der Waals surface area contributed by atoms with Crippen molar-refractivity contribution in [3.05, 3.63) is 57.1 Å². The molecule has 1 nitrogen and oxygen atoms in total. The third-order valence-electron chi connectivity index (χ3n) is 3.49. The van der Waals surface area contributed by atoms with Gasteiger partial charge in [-0.25, -0.2) is 0 Å². The van der Waals surface area contributed by atoms with Crippen LogP contribution < -0.4 is 5.32 Å². The molecule has 0 aliphatic heterocycles. The number of rotatable bonds is 5. The summed E-state index contributed by atoms with van der Waals surface area (Å²) in [6.45, 7) is 5.48. The van der Waals surface area contributed by atoms with E-state index in [-0.39, 0.29) is 0 Å². The van der Waals surface area contributed by atoms with Crippen LogP contribution in [0.15, 0.2) is 41.8 Å². The van der Waals surface area contributed by atoms with E-state index in [1.165, 1.54) is 25.4 Å².